The van der Waals surface area contributed by atoms with Crippen LogP contribution in [0.15, 0.2) is 18.2 Å². The molecular formula is C14H14N2. The van der Waals surface area contributed by atoms with Crippen LogP contribution in [0.25, 0.3) is 23.2 Å². The van der Waals surface area contributed by atoms with Gasteiger partial charge in [-0.15, -0.1) is 0 Å². The van der Waals surface area contributed by atoms with Crippen LogP contribution in [0.5, 0.6) is 0 Å². The largest absolute Gasteiger partial charge is 0.245 e. The van der Waals surface area contributed by atoms with Crippen LogP contribution >= 0.6 is 0 Å². The summed E-state index contributed by atoms with van der Waals surface area (Å²) < 4.78 is 0. The summed E-state index contributed by atoms with van der Waals surface area (Å²) in [6.45, 7) is 4.29. The average molecular weight is 210 g/mol. The van der Waals surface area contributed by atoms with Crippen molar-refractivity contribution in [2.45, 2.75) is 20.3 Å². The van der Waals surface area contributed by atoms with Gasteiger partial charge in [-0.05, 0) is 30.9 Å². The minimum atomic E-state index is 0.573. The first-order valence-corrected chi connectivity index (χ1v) is 5.69. The monoisotopic (exact) mass is 210 g/mol. The van der Waals surface area contributed by atoms with Crippen LogP contribution < -0.4 is 10.7 Å². The molecule has 0 bridgehead atoms. The number of benzene rings is 1. The summed E-state index contributed by atoms with van der Waals surface area (Å²) in [5, 5.41) is 2.08. The van der Waals surface area contributed by atoms with Crippen molar-refractivity contribution in [2.75, 3.05) is 0 Å². The van der Waals surface area contributed by atoms with Gasteiger partial charge in [0, 0.05) is 0 Å². The molecule has 0 amide bonds. The van der Waals surface area contributed by atoms with Gasteiger partial charge in [-0.25, -0.2) is 9.97 Å². The molecule has 1 heterocycles. The van der Waals surface area contributed by atoms with Crippen molar-refractivity contribution >= 4 is 23.2 Å². The molecule has 2 heteroatoms. The quantitative estimate of drug-likeness (QED) is 0.659. The highest BCUT2D eigenvalue weighted by Crippen LogP contribution is 2.11. The number of para-hydroxylation sites is 1. The van der Waals surface area contributed by atoms with Crippen molar-refractivity contribution in [1.29, 1.82) is 0 Å². The third kappa shape index (κ3) is 1.42. The number of aromatic nitrogens is 2. The second-order valence-electron chi connectivity index (χ2n) is 4.52. The first-order valence-electron chi connectivity index (χ1n) is 5.69. The number of nitrogens with zero attached hydrogens (tertiary/aromatic N) is 2. The van der Waals surface area contributed by atoms with Gasteiger partial charge in [0.15, 0.2) is 0 Å². The molecule has 0 fully saturated rings. The molecule has 0 radical (unpaired) electrons. The van der Waals surface area contributed by atoms with Gasteiger partial charge in [-0.2, -0.15) is 0 Å². The van der Waals surface area contributed by atoms with Crippen LogP contribution in [0.1, 0.15) is 18.9 Å². The van der Waals surface area contributed by atoms with Crippen LogP contribution in [-0.2, 0) is 0 Å². The summed E-state index contributed by atoms with van der Waals surface area (Å²) in [4.78, 5) is 9.38. The summed E-state index contributed by atoms with van der Waals surface area (Å²) in [7, 11) is 0. The number of hydrogen-bond donors (Lipinski definition) is 0. The maximum Gasteiger partial charge on any atom is 0.0923 e. The minimum Gasteiger partial charge on any atom is -0.245 e. The highest BCUT2D eigenvalue weighted by atomic mass is 14.8. The van der Waals surface area contributed by atoms with Crippen LogP contribution in [0.4, 0.5) is 0 Å². The Bertz CT molecular complexity index is 671. The highest BCUT2D eigenvalue weighted by molar-refractivity contribution is 5.77. The van der Waals surface area contributed by atoms with E-state index in [1.807, 2.05) is 12.1 Å². The Morgan fingerprint density at radius 1 is 1.19 bits per heavy atom. The van der Waals surface area contributed by atoms with E-state index in [0.717, 1.165) is 28.2 Å². The number of rotatable bonds is 0. The average Bonchev–Trinajstić information content (AvgIpc) is 2.27. The zero-order valence-electron chi connectivity index (χ0n) is 9.57. The smallest absolute Gasteiger partial charge is 0.0923 e. The van der Waals surface area contributed by atoms with Crippen molar-refractivity contribution < 1.29 is 0 Å². The fraction of sp³-hybridized carbons (Fsp3) is 0.286. The van der Waals surface area contributed by atoms with E-state index in [4.69, 9.17) is 4.98 Å². The summed E-state index contributed by atoms with van der Waals surface area (Å²) in [5.74, 6) is 0.573. The summed E-state index contributed by atoms with van der Waals surface area (Å²) in [6, 6.07) is 6.15. The Hall–Kier alpha value is -1.70. The number of fused-ring (bicyclic) bond motifs is 2. The Balaban J connectivity index is 2.46. The molecule has 1 aliphatic rings. The van der Waals surface area contributed by atoms with E-state index in [0.29, 0.717) is 5.92 Å². The van der Waals surface area contributed by atoms with Gasteiger partial charge in [-0.1, -0.05) is 31.2 Å². The molecule has 0 saturated heterocycles. The zero-order chi connectivity index (χ0) is 11.1. The maximum atomic E-state index is 4.70. The van der Waals surface area contributed by atoms with Gasteiger partial charge in [0.1, 0.15) is 0 Å². The molecule has 80 valence electrons. The standard InChI is InChI=1S/C14H14N2/c1-9-6-7-11-13(8-9)15-12-5-3-4-10(2)14(12)16-11/h3-5,7-9H,6H2,1-2H3. The molecule has 2 nitrogen and oxygen atoms in total. The molecule has 2 aromatic rings. The van der Waals surface area contributed by atoms with Crippen LogP contribution in [0.2, 0.25) is 0 Å². The molecule has 0 saturated carbocycles. The molecule has 1 aromatic carbocycles. The Labute approximate surface area is 94.4 Å². The van der Waals surface area contributed by atoms with Gasteiger partial charge in [0.25, 0.3) is 0 Å². The van der Waals surface area contributed by atoms with E-state index >= 15 is 0 Å². The van der Waals surface area contributed by atoms with E-state index in [9.17, 15) is 0 Å². The van der Waals surface area contributed by atoms with Crippen molar-refractivity contribution in [3.05, 3.63) is 34.5 Å². The normalized spacial score (nSPS) is 18.8. The van der Waals surface area contributed by atoms with Crippen molar-refractivity contribution in [2.24, 2.45) is 5.92 Å². The SMILES string of the molecule is Cc1cccc2nc3c(nc12)=CCC(C)C=3. The lowest BCUT2D eigenvalue weighted by Gasteiger charge is -2.08. The molecule has 0 aliphatic heterocycles. The summed E-state index contributed by atoms with van der Waals surface area (Å²) >= 11 is 0. The Morgan fingerprint density at radius 2 is 2.06 bits per heavy atom. The maximum absolute atomic E-state index is 4.70. The molecule has 1 unspecified atom stereocenters. The fourth-order valence-corrected chi connectivity index (χ4v) is 2.15. The van der Waals surface area contributed by atoms with E-state index in [-0.39, 0.29) is 0 Å². The lowest BCUT2D eigenvalue weighted by molar-refractivity contribution is 0.791. The van der Waals surface area contributed by atoms with Gasteiger partial charge >= 0.3 is 0 Å². The molecule has 1 aliphatic carbocycles. The third-order valence-corrected chi connectivity index (χ3v) is 3.08. The first kappa shape index (κ1) is 9.52. The first-order chi connectivity index (χ1) is 7.74. The van der Waals surface area contributed by atoms with E-state index in [1.54, 1.807) is 0 Å². The van der Waals surface area contributed by atoms with Gasteiger partial charge in [0.2, 0.25) is 0 Å². The molecule has 3 rings (SSSR count). The van der Waals surface area contributed by atoms with E-state index in [1.165, 1.54) is 5.56 Å². The van der Waals surface area contributed by atoms with Crippen molar-refractivity contribution in [3.8, 4) is 0 Å². The van der Waals surface area contributed by atoms with Gasteiger partial charge < -0.3 is 0 Å². The van der Waals surface area contributed by atoms with Crippen molar-refractivity contribution in [1.82, 2.24) is 9.97 Å². The molecule has 0 spiro atoms. The highest BCUT2D eigenvalue weighted by Gasteiger charge is 2.05. The van der Waals surface area contributed by atoms with E-state index < -0.39 is 0 Å². The Morgan fingerprint density at radius 3 is 2.94 bits per heavy atom. The topological polar surface area (TPSA) is 25.8 Å². The predicted octanol–water partition coefficient (Wildman–Crippen LogP) is 1.54. The second kappa shape index (κ2) is 3.41. The van der Waals surface area contributed by atoms with Crippen LogP contribution in [0.3, 0.4) is 0 Å². The summed E-state index contributed by atoms with van der Waals surface area (Å²) in [6.07, 6.45) is 5.47. The fourth-order valence-electron chi connectivity index (χ4n) is 2.15. The molecule has 1 atom stereocenters. The number of aryl methyl sites for hydroxylation is 1. The van der Waals surface area contributed by atoms with E-state index in [2.05, 4.69) is 37.0 Å². The summed E-state index contributed by atoms with van der Waals surface area (Å²) in [5.41, 5.74) is 3.22. The second-order valence-corrected chi connectivity index (χ2v) is 4.52. The zero-order valence-corrected chi connectivity index (χ0v) is 9.57. The van der Waals surface area contributed by atoms with Gasteiger partial charge in [-0.3, -0.25) is 0 Å². The van der Waals surface area contributed by atoms with Crippen LogP contribution in [-0.4, -0.2) is 9.97 Å². The van der Waals surface area contributed by atoms with Gasteiger partial charge in [0.05, 0.1) is 21.7 Å². The molecular weight excluding hydrogens is 196 g/mol. The third-order valence-electron chi connectivity index (χ3n) is 3.08. The van der Waals surface area contributed by atoms with Crippen molar-refractivity contribution in [3.63, 3.8) is 0 Å². The molecule has 1 aromatic heterocycles. The lowest BCUT2D eigenvalue weighted by atomic mass is 10.0. The molecule has 0 N–H and O–H groups in total. The molecule has 16 heavy (non-hydrogen) atoms. The Kier molecular flexibility index (Phi) is 2.03. The minimum absolute atomic E-state index is 0.573. The predicted molar refractivity (Wildman–Crippen MR) is 66.2 cm³/mol. The lowest BCUT2D eigenvalue weighted by Crippen LogP contribution is -2.34. The van der Waals surface area contributed by atoms with Crippen LogP contribution in [0, 0.1) is 12.8 Å². The number of hydrogen-bond acceptors (Lipinski definition) is 2.